The number of piperidine rings is 1. The van der Waals surface area contributed by atoms with Gasteiger partial charge in [-0.2, -0.15) is 0 Å². The summed E-state index contributed by atoms with van der Waals surface area (Å²) >= 11 is 5.96. The van der Waals surface area contributed by atoms with Crippen molar-refractivity contribution in [1.29, 1.82) is 0 Å². The Labute approximate surface area is 132 Å². The van der Waals surface area contributed by atoms with Gasteiger partial charge in [-0.1, -0.05) is 44.5 Å². The van der Waals surface area contributed by atoms with Crippen LogP contribution in [-0.4, -0.2) is 37.1 Å². The molecule has 0 unspecified atom stereocenters. The van der Waals surface area contributed by atoms with Crippen LogP contribution in [0.25, 0.3) is 0 Å². The molecular weight excluding hydrogens is 286 g/mol. The maximum Gasteiger partial charge on any atom is 0.228 e. The minimum atomic E-state index is -0.361. The van der Waals surface area contributed by atoms with E-state index in [9.17, 15) is 4.79 Å². The van der Waals surface area contributed by atoms with Crippen LogP contribution in [0.5, 0.6) is 0 Å². The molecule has 0 radical (unpaired) electrons. The van der Waals surface area contributed by atoms with Crippen molar-refractivity contribution in [3.05, 3.63) is 34.9 Å². The van der Waals surface area contributed by atoms with Crippen molar-refractivity contribution in [2.24, 2.45) is 5.41 Å². The second kappa shape index (κ2) is 6.37. The van der Waals surface area contributed by atoms with Gasteiger partial charge in [-0.15, -0.1) is 0 Å². The second-order valence-electron chi connectivity index (χ2n) is 6.80. The molecule has 0 aromatic heterocycles. The lowest BCUT2D eigenvalue weighted by Crippen LogP contribution is -2.49. The lowest BCUT2D eigenvalue weighted by molar-refractivity contribution is -0.143. The van der Waals surface area contributed by atoms with Crippen molar-refractivity contribution in [2.75, 3.05) is 20.2 Å². The van der Waals surface area contributed by atoms with Gasteiger partial charge in [-0.05, 0) is 24.1 Å². The van der Waals surface area contributed by atoms with E-state index >= 15 is 0 Å². The lowest BCUT2D eigenvalue weighted by Gasteiger charge is -2.40. The van der Waals surface area contributed by atoms with Crippen molar-refractivity contribution in [3.8, 4) is 0 Å². The fourth-order valence-electron chi connectivity index (χ4n) is 2.84. The Morgan fingerprint density at radius 3 is 2.38 bits per heavy atom. The number of hydrogen-bond acceptors (Lipinski definition) is 2. The molecule has 1 amide bonds. The molecule has 0 bridgehead atoms. The van der Waals surface area contributed by atoms with Gasteiger partial charge >= 0.3 is 0 Å². The van der Waals surface area contributed by atoms with E-state index in [-0.39, 0.29) is 17.4 Å². The highest BCUT2D eigenvalue weighted by Gasteiger charge is 2.35. The molecule has 4 heteroatoms. The van der Waals surface area contributed by atoms with Crippen LogP contribution < -0.4 is 0 Å². The topological polar surface area (TPSA) is 29.5 Å². The second-order valence-corrected chi connectivity index (χ2v) is 7.24. The van der Waals surface area contributed by atoms with E-state index in [1.165, 1.54) is 5.56 Å². The van der Waals surface area contributed by atoms with Crippen LogP contribution in [0.2, 0.25) is 5.02 Å². The van der Waals surface area contributed by atoms with E-state index in [0.29, 0.717) is 12.5 Å². The number of likely N-dealkylation sites (tertiary alicyclic amines) is 1. The number of carbonyl (C=O) groups is 1. The summed E-state index contributed by atoms with van der Waals surface area (Å²) in [5.74, 6) is 0.482. The Morgan fingerprint density at radius 1 is 1.24 bits per heavy atom. The van der Waals surface area contributed by atoms with Gasteiger partial charge in [0.25, 0.3) is 0 Å². The van der Waals surface area contributed by atoms with Crippen LogP contribution in [0.15, 0.2) is 24.3 Å². The molecule has 0 spiro atoms. The van der Waals surface area contributed by atoms with E-state index in [1.807, 2.05) is 49.9 Å². The zero-order chi connectivity index (χ0) is 15.6. The largest absolute Gasteiger partial charge is 0.380 e. The third-order valence-corrected chi connectivity index (χ3v) is 4.27. The summed E-state index contributed by atoms with van der Waals surface area (Å²) in [5, 5.41) is 0.737. The predicted molar refractivity (Wildman–Crippen MR) is 85.6 cm³/mol. The minimum Gasteiger partial charge on any atom is -0.380 e. The standard InChI is InChI=1S/C17H24ClNO2/c1-17(2,3)16(20)19-10-13(9-15(11-19)21-4)12-5-7-14(18)8-6-12/h5-8,13,15H,9-11H2,1-4H3/t13-,15-/m1/s1. The lowest BCUT2D eigenvalue weighted by atomic mass is 9.86. The number of methoxy groups -OCH3 is 1. The quantitative estimate of drug-likeness (QED) is 0.833. The molecule has 2 rings (SSSR count). The summed E-state index contributed by atoms with van der Waals surface area (Å²) in [6, 6.07) is 7.90. The third-order valence-electron chi connectivity index (χ3n) is 4.02. The zero-order valence-corrected chi connectivity index (χ0v) is 14.0. The monoisotopic (exact) mass is 309 g/mol. The Kier molecular flexibility index (Phi) is 4.95. The number of benzene rings is 1. The summed E-state index contributed by atoms with van der Waals surface area (Å²) in [6.45, 7) is 7.31. The molecule has 0 saturated carbocycles. The summed E-state index contributed by atoms with van der Waals surface area (Å²) in [4.78, 5) is 14.5. The van der Waals surface area contributed by atoms with E-state index in [4.69, 9.17) is 16.3 Å². The number of ether oxygens (including phenoxy) is 1. The van der Waals surface area contributed by atoms with Crippen LogP contribution in [0, 0.1) is 5.41 Å². The van der Waals surface area contributed by atoms with E-state index in [1.54, 1.807) is 7.11 Å². The Bertz CT molecular complexity index is 493. The van der Waals surface area contributed by atoms with Crippen molar-refractivity contribution >= 4 is 17.5 Å². The van der Waals surface area contributed by atoms with Gasteiger partial charge < -0.3 is 9.64 Å². The molecule has 1 aromatic carbocycles. The summed E-state index contributed by atoms with van der Waals surface area (Å²) in [5.41, 5.74) is 0.855. The highest BCUT2D eigenvalue weighted by molar-refractivity contribution is 6.30. The molecule has 1 aliphatic rings. The molecule has 3 nitrogen and oxygen atoms in total. The normalized spacial score (nSPS) is 23.2. The molecule has 0 N–H and O–H groups in total. The number of rotatable bonds is 2. The van der Waals surface area contributed by atoms with Gasteiger partial charge in [-0.25, -0.2) is 0 Å². The van der Waals surface area contributed by atoms with Crippen LogP contribution in [0.1, 0.15) is 38.7 Å². The summed E-state index contributed by atoms with van der Waals surface area (Å²) in [6.07, 6.45) is 1.03. The molecule has 21 heavy (non-hydrogen) atoms. The van der Waals surface area contributed by atoms with Gasteiger partial charge in [0.1, 0.15) is 0 Å². The number of hydrogen-bond donors (Lipinski definition) is 0. The van der Waals surface area contributed by atoms with Crippen molar-refractivity contribution < 1.29 is 9.53 Å². The van der Waals surface area contributed by atoms with Gasteiger partial charge in [0.2, 0.25) is 5.91 Å². The number of carbonyl (C=O) groups excluding carboxylic acids is 1. The van der Waals surface area contributed by atoms with Gasteiger partial charge in [0, 0.05) is 36.6 Å². The van der Waals surface area contributed by atoms with Crippen LogP contribution in [0.3, 0.4) is 0 Å². The first-order chi connectivity index (χ1) is 9.81. The Balaban J connectivity index is 2.19. The SMILES string of the molecule is CO[C@@H]1C[C@@H](c2ccc(Cl)cc2)CN(C(=O)C(C)(C)C)C1. The first kappa shape index (κ1) is 16.3. The van der Waals surface area contributed by atoms with E-state index in [2.05, 4.69) is 0 Å². The minimum absolute atomic E-state index is 0.0886. The van der Waals surface area contributed by atoms with Crippen LogP contribution in [0.4, 0.5) is 0 Å². The summed E-state index contributed by atoms with van der Waals surface area (Å²) < 4.78 is 5.54. The van der Waals surface area contributed by atoms with E-state index in [0.717, 1.165) is 18.0 Å². The number of halogens is 1. The average Bonchev–Trinajstić information content (AvgIpc) is 2.45. The molecule has 1 aliphatic heterocycles. The van der Waals surface area contributed by atoms with Crippen molar-refractivity contribution in [3.63, 3.8) is 0 Å². The van der Waals surface area contributed by atoms with Gasteiger partial charge in [-0.3, -0.25) is 4.79 Å². The first-order valence-electron chi connectivity index (χ1n) is 7.39. The smallest absolute Gasteiger partial charge is 0.228 e. The Morgan fingerprint density at radius 2 is 1.86 bits per heavy atom. The molecule has 1 heterocycles. The third kappa shape index (κ3) is 3.98. The maximum atomic E-state index is 12.6. The number of nitrogens with zero attached hydrogens (tertiary/aromatic N) is 1. The van der Waals surface area contributed by atoms with Crippen LogP contribution in [-0.2, 0) is 9.53 Å². The van der Waals surface area contributed by atoms with E-state index < -0.39 is 0 Å². The molecular formula is C17H24ClNO2. The molecule has 116 valence electrons. The molecule has 1 fully saturated rings. The zero-order valence-electron chi connectivity index (χ0n) is 13.2. The highest BCUT2D eigenvalue weighted by Crippen LogP contribution is 2.31. The van der Waals surface area contributed by atoms with Gasteiger partial charge in [0.05, 0.1) is 6.10 Å². The molecule has 1 aromatic rings. The molecule has 1 saturated heterocycles. The molecule has 2 atom stereocenters. The highest BCUT2D eigenvalue weighted by atomic mass is 35.5. The van der Waals surface area contributed by atoms with Crippen molar-refractivity contribution in [1.82, 2.24) is 4.90 Å². The van der Waals surface area contributed by atoms with Crippen LogP contribution >= 0.6 is 11.6 Å². The van der Waals surface area contributed by atoms with Gasteiger partial charge in [0.15, 0.2) is 0 Å². The average molecular weight is 310 g/mol. The maximum absolute atomic E-state index is 12.6. The summed E-state index contributed by atoms with van der Waals surface area (Å²) in [7, 11) is 1.72. The first-order valence-corrected chi connectivity index (χ1v) is 7.76. The number of amides is 1. The molecule has 0 aliphatic carbocycles. The fraction of sp³-hybridized carbons (Fsp3) is 0.588. The fourth-order valence-corrected chi connectivity index (χ4v) is 2.97. The Hall–Kier alpha value is -1.06. The predicted octanol–water partition coefficient (Wildman–Crippen LogP) is 3.72. The van der Waals surface area contributed by atoms with Crippen molar-refractivity contribution in [2.45, 2.75) is 39.2 Å².